The predicted molar refractivity (Wildman–Crippen MR) is 70.8 cm³/mol. The van der Waals surface area contributed by atoms with Gasteiger partial charge in [0.05, 0.1) is 11.9 Å². The molecule has 1 aliphatic heterocycles. The number of halogens is 2. The number of nitrogens with zero attached hydrogens (tertiary/aromatic N) is 1. The Labute approximate surface area is 123 Å². The van der Waals surface area contributed by atoms with Crippen LogP contribution >= 0.6 is 11.8 Å². The highest BCUT2D eigenvalue weighted by atomic mass is 32.2. The summed E-state index contributed by atoms with van der Waals surface area (Å²) in [6, 6.07) is 1.95. The van der Waals surface area contributed by atoms with Crippen LogP contribution in [-0.2, 0) is 9.59 Å². The minimum Gasteiger partial charge on any atom is -0.480 e. The standard InChI is InChI=1S/C13H13F2NO4S/c14-7-1-2-11(9(15)3-7)21-6-12(18)16-5-8(17)4-10(16)13(19)20/h1-3,8,10,17H,4-6H2,(H,19,20)/t8-,10+/m1/s1. The zero-order chi connectivity index (χ0) is 15.6. The molecular weight excluding hydrogens is 304 g/mol. The molecule has 1 saturated heterocycles. The zero-order valence-electron chi connectivity index (χ0n) is 10.8. The molecule has 1 aliphatic rings. The number of thioether (sulfide) groups is 1. The van der Waals surface area contributed by atoms with Crippen molar-refractivity contribution in [1.82, 2.24) is 4.90 Å². The quantitative estimate of drug-likeness (QED) is 0.813. The van der Waals surface area contributed by atoms with E-state index in [1.807, 2.05) is 0 Å². The minimum atomic E-state index is -1.18. The van der Waals surface area contributed by atoms with E-state index in [0.717, 1.165) is 22.7 Å². The van der Waals surface area contributed by atoms with Crippen molar-refractivity contribution in [3.05, 3.63) is 29.8 Å². The van der Waals surface area contributed by atoms with Gasteiger partial charge in [0.1, 0.15) is 17.7 Å². The van der Waals surface area contributed by atoms with Crippen LogP contribution in [0.5, 0.6) is 0 Å². The Morgan fingerprint density at radius 3 is 2.71 bits per heavy atom. The molecule has 1 aromatic rings. The second kappa shape index (κ2) is 6.40. The maximum absolute atomic E-state index is 13.4. The lowest BCUT2D eigenvalue weighted by molar-refractivity contribution is -0.147. The van der Waals surface area contributed by atoms with Crippen LogP contribution < -0.4 is 0 Å². The van der Waals surface area contributed by atoms with Crippen LogP contribution in [0.2, 0.25) is 0 Å². The topological polar surface area (TPSA) is 77.8 Å². The Kier molecular flexibility index (Phi) is 4.79. The molecule has 2 N–H and O–H groups in total. The van der Waals surface area contributed by atoms with Crippen LogP contribution in [0, 0.1) is 11.6 Å². The molecule has 21 heavy (non-hydrogen) atoms. The first kappa shape index (κ1) is 15.7. The van der Waals surface area contributed by atoms with Crippen LogP contribution in [-0.4, -0.2) is 51.4 Å². The Morgan fingerprint density at radius 1 is 1.38 bits per heavy atom. The molecule has 1 aromatic carbocycles. The van der Waals surface area contributed by atoms with Gasteiger partial charge in [-0.2, -0.15) is 0 Å². The number of benzene rings is 1. The number of carboxylic acid groups (broad SMARTS) is 1. The third kappa shape index (κ3) is 3.70. The summed E-state index contributed by atoms with van der Waals surface area (Å²) in [5, 5.41) is 18.5. The van der Waals surface area contributed by atoms with E-state index in [0.29, 0.717) is 6.07 Å². The number of aliphatic hydroxyl groups excluding tert-OH is 1. The highest BCUT2D eigenvalue weighted by molar-refractivity contribution is 8.00. The number of carbonyl (C=O) groups is 2. The summed E-state index contributed by atoms with van der Waals surface area (Å²) >= 11 is 0.858. The van der Waals surface area contributed by atoms with E-state index in [4.69, 9.17) is 5.11 Å². The summed E-state index contributed by atoms with van der Waals surface area (Å²) in [4.78, 5) is 24.2. The number of rotatable bonds is 4. The minimum absolute atomic E-state index is 0.0172. The number of likely N-dealkylation sites (tertiary alicyclic amines) is 1. The number of aliphatic hydroxyl groups is 1. The van der Waals surface area contributed by atoms with Gasteiger partial charge in [0.25, 0.3) is 0 Å². The summed E-state index contributed by atoms with van der Waals surface area (Å²) in [6.07, 6.45) is -0.890. The van der Waals surface area contributed by atoms with Crippen LogP contribution in [0.15, 0.2) is 23.1 Å². The molecule has 2 rings (SSSR count). The molecule has 0 radical (unpaired) electrons. The van der Waals surface area contributed by atoms with Crippen molar-refractivity contribution in [3.63, 3.8) is 0 Å². The molecule has 8 heteroatoms. The first-order valence-corrected chi connectivity index (χ1v) is 7.15. The number of β-amino-alcohol motifs (C(OH)–C–C–N with tert-alkyl or cyclic N) is 1. The lowest BCUT2D eigenvalue weighted by Crippen LogP contribution is -2.41. The maximum atomic E-state index is 13.4. The van der Waals surface area contributed by atoms with E-state index in [-0.39, 0.29) is 23.6 Å². The fourth-order valence-corrected chi connectivity index (χ4v) is 2.94. The number of hydrogen-bond donors (Lipinski definition) is 2. The molecular formula is C13H13F2NO4S. The smallest absolute Gasteiger partial charge is 0.326 e. The average molecular weight is 317 g/mol. The van der Waals surface area contributed by atoms with Crippen LogP contribution in [0.1, 0.15) is 6.42 Å². The molecule has 0 spiro atoms. The van der Waals surface area contributed by atoms with E-state index in [2.05, 4.69) is 0 Å². The number of aliphatic carboxylic acids is 1. The zero-order valence-corrected chi connectivity index (χ0v) is 11.6. The number of amides is 1. The lowest BCUT2D eigenvalue weighted by atomic mass is 10.2. The summed E-state index contributed by atoms with van der Waals surface area (Å²) in [7, 11) is 0. The fourth-order valence-electron chi connectivity index (χ4n) is 2.14. The van der Waals surface area contributed by atoms with Gasteiger partial charge in [-0.05, 0) is 12.1 Å². The van der Waals surface area contributed by atoms with Gasteiger partial charge in [0, 0.05) is 23.9 Å². The van der Waals surface area contributed by atoms with E-state index < -0.39 is 35.7 Å². The molecule has 114 valence electrons. The molecule has 0 unspecified atom stereocenters. The van der Waals surface area contributed by atoms with Gasteiger partial charge in [-0.15, -0.1) is 11.8 Å². The highest BCUT2D eigenvalue weighted by Gasteiger charge is 2.38. The van der Waals surface area contributed by atoms with Gasteiger partial charge in [-0.25, -0.2) is 13.6 Å². The third-order valence-electron chi connectivity index (χ3n) is 3.13. The molecule has 0 aromatic heterocycles. The number of hydrogen-bond acceptors (Lipinski definition) is 4. The SMILES string of the molecule is O=C(O)[C@@H]1C[C@@H](O)CN1C(=O)CSc1ccc(F)cc1F. The molecule has 2 atom stereocenters. The fraction of sp³-hybridized carbons (Fsp3) is 0.385. The van der Waals surface area contributed by atoms with Crippen molar-refractivity contribution in [2.45, 2.75) is 23.5 Å². The van der Waals surface area contributed by atoms with Gasteiger partial charge < -0.3 is 15.1 Å². The van der Waals surface area contributed by atoms with Gasteiger partial charge in [-0.3, -0.25) is 4.79 Å². The molecule has 0 aliphatic carbocycles. The Bertz CT molecular complexity index is 569. The summed E-state index contributed by atoms with van der Waals surface area (Å²) in [5.74, 6) is -3.36. The summed E-state index contributed by atoms with van der Waals surface area (Å²) in [6.45, 7) is -0.0533. The van der Waals surface area contributed by atoms with Crippen LogP contribution in [0.25, 0.3) is 0 Å². The predicted octanol–water partition coefficient (Wildman–Crippen LogP) is 1.10. The Morgan fingerprint density at radius 2 is 2.10 bits per heavy atom. The van der Waals surface area contributed by atoms with Crippen molar-refractivity contribution in [1.29, 1.82) is 0 Å². The van der Waals surface area contributed by atoms with Gasteiger partial charge in [-0.1, -0.05) is 0 Å². The molecule has 1 fully saturated rings. The first-order chi connectivity index (χ1) is 9.88. The highest BCUT2D eigenvalue weighted by Crippen LogP contribution is 2.25. The van der Waals surface area contributed by atoms with Crippen LogP contribution in [0.3, 0.4) is 0 Å². The second-order valence-corrected chi connectivity index (χ2v) is 5.67. The van der Waals surface area contributed by atoms with Gasteiger partial charge in [0.15, 0.2) is 0 Å². The summed E-state index contributed by atoms with van der Waals surface area (Å²) < 4.78 is 26.2. The first-order valence-electron chi connectivity index (χ1n) is 6.16. The second-order valence-electron chi connectivity index (χ2n) is 4.65. The van der Waals surface area contributed by atoms with Crippen molar-refractivity contribution < 1.29 is 28.6 Å². The van der Waals surface area contributed by atoms with E-state index in [1.165, 1.54) is 6.07 Å². The van der Waals surface area contributed by atoms with Gasteiger partial charge in [0.2, 0.25) is 5.91 Å². The summed E-state index contributed by atoms with van der Waals surface area (Å²) in [5.41, 5.74) is 0. The largest absolute Gasteiger partial charge is 0.480 e. The van der Waals surface area contributed by atoms with Crippen molar-refractivity contribution in [3.8, 4) is 0 Å². The van der Waals surface area contributed by atoms with Crippen LogP contribution in [0.4, 0.5) is 8.78 Å². The molecule has 0 saturated carbocycles. The lowest BCUT2D eigenvalue weighted by Gasteiger charge is -2.20. The molecule has 1 amide bonds. The molecule has 0 bridgehead atoms. The molecule has 5 nitrogen and oxygen atoms in total. The van der Waals surface area contributed by atoms with E-state index >= 15 is 0 Å². The average Bonchev–Trinajstić information content (AvgIpc) is 2.80. The van der Waals surface area contributed by atoms with Crippen molar-refractivity contribution >= 4 is 23.6 Å². The maximum Gasteiger partial charge on any atom is 0.326 e. The van der Waals surface area contributed by atoms with E-state index in [1.54, 1.807) is 0 Å². The monoisotopic (exact) mass is 317 g/mol. The number of carboxylic acids is 1. The third-order valence-corrected chi connectivity index (χ3v) is 4.16. The van der Waals surface area contributed by atoms with Crippen molar-refractivity contribution in [2.24, 2.45) is 0 Å². The van der Waals surface area contributed by atoms with Crippen molar-refractivity contribution in [2.75, 3.05) is 12.3 Å². The Balaban J connectivity index is 1.99. The Hall–Kier alpha value is -1.67. The normalized spacial score (nSPS) is 21.6. The van der Waals surface area contributed by atoms with E-state index in [9.17, 15) is 23.5 Å². The van der Waals surface area contributed by atoms with Gasteiger partial charge >= 0.3 is 5.97 Å². The molecule has 1 heterocycles. The number of carbonyl (C=O) groups excluding carboxylic acids is 1.